The van der Waals surface area contributed by atoms with Crippen LogP contribution in [-0.2, 0) is 6.42 Å². The maximum atomic E-state index is 10.8. The molecule has 0 amide bonds. The Hall–Kier alpha value is -1.69. The van der Waals surface area contributed by atoms with Crippen molar-refractivity contribution >= 4 is 11.7 Å². The topological polar surface area (TPSA) is 81.6 Å². The molecule has 0 radical (unpaired) electrons. The van der Waals surface area contributed by atoms with Gasteiger partial charge in [0, 0.05) is 17.8 Å². The zero-order chi connectivity index (χ0) is 15.2. The van der Waals surface area contributed by atoms with E-state index in [1.54, 1.807) is 13.2 Å². The van der Waals surface area contributed by atoms with Gasteiger partial charge in [-0.25, -0.2) is 0 Å². The molecule has 0 saturated carbocycles. The summed E-state index contributed by atoms with van der Waals surface area (Å²) in [6.45, 7) is 0.629. The number of anilines is 1. The minimum Gasteiger partial charge on any atom is -0.545 e. The summed E-state index contributed by atoms with van der Waals surface area (Å²) in [4.78, 5) is 10.8. The van der Waals surface area contributed by atoms with Gasteiger partial charge in [-0.05, 0) is 42.3 Å². The summed E-state index contributed by atoms with van der Waals surface area (Å²) < 4.78 is 5.15. The number of hydrogen-bond acceptors (Lipinski definition) is 5. The zero-order valence-electron chi connectivity index (χ0n) is 12.6. The van der Waals surface area contributed by atoms with Crippen molar-refractivity contribution in [1.29, 1.82) is 0 Å². The summed E-state index contributed by atoms with van der Waals surface area (Å²) in [5.74, 6) is -0.895. The molecule has 0 spiro atoms. The van der Waals surface area contributed by atoms with Crippen LogP contribution in [0.2, 0.25) is 0 Å². The van der Waals surface area contributed by atoms with Crippen molar-refractivity contribution < 1.29 is 49.3 Å². The van der Waals surface area contributed by atoms with Crippen LogP contribution in [0.5, 0.6) is 11.5 Å². The molecule has 0 aliphatic rings. The second-order valence-corrected chi connectivity index (χ2v) is 4.55. The van der Waals surface area contributed by atoms with Gasteiger partial charge >= 0.3 is 29.6 Å². The molecule has 0 unspecified atom stereocenters. The second-order valence-electron chi connectivity index (χ2n) is 4.55. The summed E-state index contributed by atoms with van der Waals surface area (Å²) in [6, 6.07) is 12.0. The third-order valence-corrected chi connectivity index (χ3v) is 3.09. The van der Waals surface area contributed by atoms with E-state index in [0.717, 1.165) is 17.7 Å². The average Bonchev–Trinajstić information content (AvgIpc) is 2.49. The van der Waals surface area contributed by atoms with Crippen LogP contribution in [0.1, 0.15) is 15.9 Å². The molecule has 6 heteroatoms. The van der Waals surface area contributed by atoms with Crippen LogP contribution in [0.3, 0.4) is 0 Å². The number of carboxylic acid groups (broad SMARTS) is 1. The van der Waals surface area contributed by atoms with Crippen molar-refractivity contribution in [2.75, 3.05) is 19.0 Å². The molecular formula is C16H16NNaO4. The molecule has 0 saturated heterocycles. The van der Waals surface area contributed by atoms with Crippen LogP contribution in [-0.4, -0.2) is 24.7 Å². The first-order chi connectivity index (χ1) is 10.1. The Bertz CT molecular complexity index is 646. The van der Waals surface area contributed by atoms with E-state index in [4.69, 9.17) is 4.74 Å². The second kappa shape index (κ2) is 8.68. The number of rotatable bonds is 6. The number of aromatic carboxylic acids is 1. The van der Waals surface area contributed by atoms with Gasteiger partial charge in [-0.1, -0.05) is 12.1 Å². The monoisotopic (exact) mass is 309 g/mol. The van der Waals surface area contributed by atoms with Gasteiger partial charge in [0.2, 0.25) is 0 Å². The van der Waals surface area contributed by atoms with Gasteiger partial charge in [-0.3, -0.25) is 0 Å². The van der Waals surface area contributed by atoms with Crippen LogP contribution in [0.4, 0.5) is 5.69 Å². The van der Waals surface area contributed by atoms with Gasteiger partial charge in [0.1, 0.15) is 11.5 Å². The number of carbonyl (C=O) groups excluding carboxylic acids is 1. The van der Waals surface area contributed by atoms with Crippen LogP contribution < -0.4 is 44.7 Å². The summed E-state index contributed by atoms with van der Waals surface area (Å²) in [5, 5.41) is 23.3. The molecule has 2 rings (SSSR count). The third kappa shape index (κ3) is 4.94. The predicted octanol–water partition coefficient (Wildman–Crippen LogP) is -1.58. The number of methoxy groups -OCH3 is 1. The molecule has 110 valence electrons. The Morgan fingerprint density at radius 1 is 1.27 bits per heavy atom. The first-order valence-electron chi connectivity index (χ1n) is 6.51. The van der Waals surface area contributed by atoms with Crippen LogP contribution in [0, 0.1) is 0 Å². The number of benzene rings is 2. The third-order valence-electron chi connectivity index (χ3n) is 3.09. The number of hydrogen-bond donors (Lipinski definition) is 2. The predicted molar refractivity (Wildman–Crippen MR) is 77.6 cm³/mol. The molecule has 0 heterocycles. The number of aromatic hydroxyl groups is 1. The summed E-state index contributed by atoms with van der Waals surface area (Å²) >= 11 is 0. The molecule has 0 aromatic heterocycles. The van der Waals surface area contributed by atoms with Gasteiger partial charge in [0.25, 0.3) is 0 Å². The van der Waals surface area contributed by atoms with Gasteiger partial charge < -0.3 is 25.1 Å². The molecule has 0 bridgehead atoms. The molecule has 0 aliphatic carbocycles. The van der Waals surface area contributed by atoms with E-state index in [-0.39, 0.29) is 40.9 Å². The molecule has 0 fully saturated rings. The number of carboxylic acids is 1. The van der Waals surface area contributed by atoms with Gasteiger partial charge in [-0.2, -0.15) is 0 Å². The first-order valence-corrected chi connectivity index (χ1v) is 6.51. The van der Waals surface area contributed by atoms with Crippen LogP contribution >= 0.6 is 0 Å². The van der Waals surface area contributed by atoms with Gasteiger partial charge in [-0.15, -0.1) is 0 Å². The minimum absolute atomic E-state index is 0. The smallest absolute Gasteiger partial charge is 0.545 e. The average molecular weight is 309 g/mol. The number of nitrogens with one attached hydrogen (secondary N) is 1. The maximum Gasteiger partial charge on any atom is 1.00 e. The Morgan fingerprint density at radius 3 is 2.73 bits per heavy atom. The Kier molecular flexibility index (Phi) is 7.24. The van der Waals surface area contributed by atoms with Crippen LogP contribution in [0.15, 0.2) is 42.5 Å². The Balaban J connectivity index is 0.00000242. The number of ether oxygens (including phenoxy) is 1. The van der Waals surface area contributed by atoms with Crippen molar-refractivity contribution in [3.63, 3.8) is 0 Å². The molecule has 2 N–H and O–H groups in total. The standard InChI is InChI=1S/C16H17NO4.Na/c1-21-13-4-2-3-11(9-13)7-8-17-12-5-6-15(18)14(10-12)16(19)20;/h2-6,9-10,17-18H,7-8H2,1H3,(H,19,20);/q;+1/p-1. The van der Waals surface area contributed by atoms with Gasteiger partial charge in [0.15, 0.2) is 0 Å². The Labute approximate surface area is 151 Å². The van der Waals surface area contributed by atoms with Crippen molar-refractivity contribution in [2.45, 2.75) is 6.42 Å². The van der Waals surface area contributed by atoms with E-state index in [1.807, 2.05) is 24.3 Å². The van der Waals surface area contributed by atoms with Crippen molar-refractivity contribution in [1.82, 2.24) is 0 Å². The summed E-state index contributed by atoms with van der Waals surface area (Å²) in [6.07, 6.45) is 0.763. The number of phenols is 1. The largest absolute Gasteiger partial charge is 1.00 e. The van der Waals surface area contributed by atoms with E-state index >= 15 is 0 Å². The van der Waals surface area contributed by atoms with E-state index in [0.29, 0.717) is 12.2 Å². The normalized spacial score (nSPS) is 9.68. The fraction of sp³-hybridized carbons (Fsp3) is 0.188. The summed E-state index contributed by atoms with van der Waals surface area (Å²) in [7, 11) is 1.62. The van der Waals surface area contributed by atoms with E-state index in [1.165, 1.54) is 12.1 Å². The fourth-order valence-corrected chi connectivity index (χ4v) is 1.99. The zero-order valence-corrected chi connectivity index (χ0v) is 14.6. The molecule has 0 atom stereocenters. The quantitative estimate of drug-likeness (QED) is 0.497. The Morgan fingerprint density at radius 2 is 2.05 bits per heavy atom. The maximum absolute atomic E-state index is 10.8. The molecular weight excluding hydrogens is 293 g/mol. The summed E-state index contributed by atoms with van der Waals surface area (Å²) in [5.41, 5.74) is 1.51. The molecule has 0 aliphatic heterocycles. The molecule has 2 aromatic carbocycles. The molecule has 2 aromatic rings. The fourth-order valence-electron chi connectivity index (χ4n) is 1.99. The van der Waals surface area contributed by atoms with Crippen molar-refractivity contribution in [3.05, 3.63) is 53.6 Å². The number of carbonyl (C=O) groups is 1. The minimum atomic E-state index is -1.40. The van der Waals surface area contributed by atoms with E-state index < -0.39 is 5.97 Å². The van der Waals surface area contributed by atoms with E-state index in [9.17, 15) is 15.0 Å². The van der Waals surface area contributed by atoms with E-state index in [2.05, 4.69) is 5.32 Å². The van der Waals surface area contributed by atoms with Crippen molar-refractivity contribution in [3.8, 4) is 11.5 Å². The first kappa shape index (κ1) is 18.4. The molecule has 22 heavy (non-hydrogen) atoms. The van der Waals surface area contributed by atoms with Crippen molar-refractivity contribution in [2.24, 2.45) is 0 Å². The SMILES string of the molecule is COc1cccc(CCNc2ccc(O)c(C(=O)[O-])c2)c1.[Na+]. The molecule has 5 nitrogen and oxygen atoms in total. The van der Waals surface area contributed by atoms with Gasteiger partial charge in [0.05, 0.1) is 13.1 Å². The van der Waals surface area contributed by atoms with Crippen LogP contribution in [0.25, 0.3) is 0 Å².